The monoisotopic (exact) mass is 308 g/mol. The summed E-state index contributed by atoms with van der Waals surface area (Å²) in [5, 5.41) is 0. The molecule has 1 aromatic carbocycles. The summed E-state index contributed by atoms with van der Waals surface area (Å²) in [6.45, 7) is 10.4. The van der Waals surface area contributed by atoms with Crippen LogP contribution in [0.3, 0.4) is 0 Å². The summed E-state index contributed by atoms with van der Waals surface area (Å²) in [5.74, 6) is 1.68. The van der Waals surface area contributed by atoms with Crippen LogP contribution in [0.5, 0.6) is 11.5 Å². The van der Waals surface area contributed by atoms with Crippen molar-refractivity contribution in [2.45, 2.75) is 53.1 Å². The Kier molecular flexibility index (Phi) is 7.22. The van der Waals surface area contributed by atoms with E-state index in [9.17, 15) is 4.79 Å². The summed E-state index contributed by atoms with van der Waals surface area (Å²) < 4.78 is 16.2. The van der Waals surface area contributed by atoms with E-state index < -0.39 is 0 Å². The molecule has 0 amide bonds. The van der Waals surface area contributed by atoms with E-state index in [1.165, 1.54) is 0 Å². The van der Waals surface area contributed by atoms with Crippen LogP contribution in [0.1, 0.15) is 52.5 Å². The summed E-state index contributed by atoms with van der Waals surface area (Å²) in [6, 6.07) is 5.88. The Labute approximate surface area is 133 Å². The lowest BCUT2D eigenvalue weighted by molar-refractivity contribution is -0.143. The van der Waals surface area contributed by atoms with Crippen molar-refractivity contribution in [3.05, 3.63) is 23.8 Å². The molecule has 1 unspecified atom stereocenters. The van der Waals surface area contributed by atoms with Gasteiger partial charge in [0.1, 0.15) is 0 Å². The Hall–Kier alpha value is -1.71. The van der Waals surface area contributed by atoms with Crippen molar-refractivity contribution in [1.29, 1.82) is 0 Å². The fourth-order valence-electron chi connectivity index (χ4n) is 2.40. The molecule has 1 aromatic rings. The van der Waals surface area contributed by atoms with Gasteiger partial charge in [0.25, 0.3) is 0 Å². The number of carbonyl (C=O) groups is 1. The number of esters is 1. The first-order valence-electron chi connectivity index (χ1n) is 7.89. The number of ether oxygens (including phenoxy) is 3. The van der Waals surface area contributed by atoms with Crippen molar-refractivity contribution in [2.24, 2.45) is 5.92 Å². The quantitative estimate of drug-likeness (QED) is 0.676. The molecule has 22 heavy (non-hydrogen) atoms. The Morgan fingerprint density at radius 2 is 1.82 bits per heavy atom. The zero-order valence-electron chi connectivity index (χ0n) is 14.5. The van der Waals surface area contributed by atoms with Crippen molar-refractivity contribution in [3.8, 4) is 11.5 Å². The number of benzene rings is 1. The Bertz CT molecular complexity index is 480. The summed E-state index contributed by atoms with van der Waals surface area (Å²) >= 11 is 0. The fourth-order valence-corrected chi connectivity index (χ4v) is 2.40. The predicted octanol–water partition coefficient (Wildman–Crippen LogP) is 4.18. The van der Waals surface area contributed by atoms with Crippen molar-refractivity contribution in [1.82, 2.24) is 0 Å². The van der Waals surface area contributed by atoms with Crippen LogP contribution in [0.15, 0.2) is 18.2 Å². The third-order valence-electron chi connectivity index (χ3n) is 3.48. The van der Waals surface area contributed by atoms with E-state index in [2.05, 4.69) is 13.8 Å². The van der Waals surface area contributed by atoms with Crippen LogP contribution in [-0.2, 0) is 9.53 Å². The zero-order valence-corrected chi connectivity index (χ0v) is 14.5. The minimum atomic E-state index is -0.164. The molecule has 0 saturated heterocycles. The smallest absolute Gasteiger partial charge is 0.306 e. The summed E-state index contributed by atoms with van der Waals surface area (Å²) in [4.78, 5) is 11.8. The largest absolute Gasteiger partial charge is 0.493 e. The molecule has 1 rings (SSSR count). The van der Waals surface area contributed by atoms with Crippen LogP contribution >= 0.6 is 0 Å². The molecule has 0 N–H and O–H groups in total. The minimum absolute atomic E-state index is 0.0835. The van der Waals surface area contributed by atoms with Crippen LogP contribution in [-0.4, -0.2) is 25.8 Å². The molecular weight excluding hydrogens is 280 g/mol. The van der Waals surface area contributed by atoms with Crippen LogP contribution in [0.4, 0.5) is 0 Å². The third-order valence-corrected chi connectivity index (χ3v) is 3.48. The van der Waals surface area contributed by atoms with Gasteiger partial charge in [0.15, 0.2) is 11.5 Å². The molecule has 0 spiro atoms. The van der Waals surface area contributed by atoms with E-state index in [1.54, 1.807) is 7.11 Å². The average molecular weight is 308 g/mol. The van der Waals surface area contributed by atoms with Crippen LogP contribution < -0.4 is 9.47 Å². The van der Waals surface area contributed by atoms with Gasteiger partial charge >= 0.3 is 5.97 Å². The number of carbonyl (C=O) groups excluding carboxylic acids is 1. The first kappa shape index (κ1) is 18.3. The molecule has 4 heteroatoms. The van der Waals surface area contributed by atoms with Gasteiger partial charge in [-0.1, -0.05) is 19.9 Å². The molecule has 0 fully saturated rings. The van der Waals surface area contributed by atoms with Gasteiger partial charge in [-0.15, -0.1) is 0 Å². The van der Waals surface area contributed by atoms with Gasteiger partial charge in [0, 0.05) is 0 Å². The van der Waals surface area contributed by atoms with E-state index >= 15 is 0 Å². The number of hydrogen-bond acceptors (Lipinski definition) is 4. The lowest BCUT2D eigenvalue weighted by atomic mass is 9.85. The Balaban J connectivity index is 3.02. The van der Waals surface area contributed by atoms with Gasteiger partial charge in [0.2, 0.25) is 0 Å². The first-order valence-corrected chi connectivity index (χ1v) is 7.89. The highest BCUT2D eigenvalue weighted by Gasteiger charge is 2.22. The van der Waals surface area contributed by atoms with Crippen molar-refractivity contribution in [2.75, 3.05) is 13.7 Å². The molecule has 0 radical (unpaired) electrons. The maximum Gasteiger partial charge on any atom is 0.306 e. The second kappa shape index (κ2) is 8.66. The van der Waals surface area contributed by atoms with Crippen LogP contribution in [0, 0.1) is 5.92 Å². The SMILES string of the molecule is CCOC(=O)CC(c1ccc(OC(C)C)c(OC)c1)C(C)C. The molecule has 0 saturated carbocycles. The highest BCUT2D eigenvalue weighted by Crippen LogP contribution is 2.35. The normalized spacial score (nSPS) is 12.4. The van der Waals surface area contributed by atoms with Crippen molar-refractivity contribution in [3.63, 3.8) is 0 Å². The standard InChI is InChI=1S/C18H28O4/c1-7-21-18(19)11-15(12(2)3)14-8-9-16(22-13(4)5)17(10-14)20-6/h8-10,12-13,15H,7,11H2,1-6H3. The second-order valence-electron chi connectivity index (χ2n) is 5.94. The van der Waals surface area contributed by atoms with Gasteiger partial charge in [-0.05, 0) is 50.3 Å². The zero-order chi connectivity index (χ0) is 16.7. The van der Waals surface area contributed by atoms with E-state index in [-0.39, 0.29) is 18.0 Å². The first-order chi connectivity index (χ1) is 10.4. The molecule has 0 bridgehead atoms. The molecule has 0 aliphatic heterocycles. The van der Waals surface area contributed by atoms with Gasteiger partial charge in [-0.3, -0.25) is 4.79 Å². The van der Waals surface area contributed by atoms with Gasteiger partial charge in [0.05, 0.1) is 26.2 Å². The molecule has 0 aromatic heterocycles. The van der Waals surface area contributed by atoms with Gasteiger partial charge in [-0.2, -0.15) is 0 Å². The predicted molar refractivity (Wildman–Crippen MR) is 87.6 cm³/mol. The molecule has 4 nitrogen and oxygen atoms in total. The fraction of sp³-hybridized carbons (Fsp3) is 0.611. The van der Waals surface area contributed by atoms with Crippen molar-refractivity contribution < 1.29 is 19.0 Å². The lowest BCUT2D eigenvalue weighted by Gasteiger charge is -2.22. The summed E-state index contributed by atoms with van der Waals surface area (Å²) in [5.41, 5.74) is 1.07. The van der Waals surface area contributed by atoms with E-state index in [1.807, 2.05) is 39.0 Å². The molecule has 124 valence electrons. The van der Waals surface area contributed by atoms with E-state index in [0.717, 1.165) is 11.3 Å². The minimum Gasteiger partial charge on any atom is -0.493 e. The van der Waals surface area contributed by atoms with E-state index in [0.29, 0.717) is 24.7 Å². The lowest BCUT2D eigenvalue weighted by Crippen LogP contribution is -2.15. The second-order valence-corrected chi connectivity index (χ2v) is 5.94. The number of methoxy groups -OCH3 is 1. The average Bonchev–Trinajstić information content (AvgIpc) is 2.45. The van der Waals surface area contributed by atoms with Crippen LogP contribution in [0.25, 0.3) is 0 Å². The highest BCUT2D eigenvalue weighted by atomic mass is 16.5. The van der Waals surface area contributed by atoms with Crippen LogP contribution in [0.2, 0.25) is 0 Å². The summed E-state index contributed by atoms with van der Waals surface area (Å²) in [6.07, 6.45) is 0.458. The highest BCUT2D eigenvalue weighted by molar-refractivity contribution is 5.70. The third kappa shape index (κ3) is 5.24. The molecular formula is C18H28O4. The topological polar surface area (TPSA) is 44.8 Å². The van der Waals surface area contributed by atoms with E-state index in [4.69, 9.17) is 14.2 Å². The summed E-state index contributed by atoms with van der Waals surface area (Å²) in [7, 11) is 1.63. The molecule has 0 aliphatic rings. The van der Waals surface area contributed by atoms with Gasteiger partial charge in [-0.25, -0.2) is 0 Å². The molecule has 0 aliphatic carbocycles. The van der Waals surface area contributed by atoms with Crippen molar-refractivity contribution >= 4 is 5.97 Å². The Morgan fingerprint density at radius 1 is 1.14 bits per heavy atom. The maximum absolute atomic E-state index is 11.8. The Morgan fingerprint density at radius 3 is 2.32 bits per heavy atom. The molecule has 0 heterocycles. The maximum atomic E-state index is 11.8. The molecule has 1 atom stereocenters. The number of rotatable bonds is 8. The number of hydrogen-bond donors (Lipinski definition) is 0. The van der Waals surface area contributed by atoms with Gasteiger partial charge < -0.3 is 14.2 Å².